The van der Waals surface area contributed by atoms with Crippen molar-refractivity contribution in [3.63, 3.8) is 0 Å². The molecule has 2 heterocycles. The Morgan fingerprint density at radius 1 is 1.14 bits per heavy atom. The number of imidazole rings is 1. The standard InChI is InChI=1S/C26H21F3N6O2/c1-14(17-8-9-17)31-21-20-22(33-23(32-21)25(36)37)34-24(18-6-2-15(12-30)3-7-18)35(20)13-16-4-10-19(11-5-16)26(27,28)29/h2-7,10-11,14,17H,8-9,13H2,1H3,(H,36,37)(H,31,32,33)/t14-/m1/s1. The van der Waals surface area contributed by atoms with E-state index < -0.39 is 23.5 Å². The molecule has 0 spiro atoms. The quantitative estimate of drug-likeness (QED) is 0.347. The first kappa shape index (κ1) is 24.2. The first-order valence-corrected chi connectivity index (χ1v) is 11.6. The van der Waals surface area contributed by atoms with Crippen LogP contribution in [0.25, 0.3) is 22.6 Å². The number of halogens is 3. The average Bonchev–Trinajstić information content (AvgIpc) is 3.66. The third-order valence-electron chi connectivity index (χ3n) is 6.38. The van der Waals surface area contributed by atoms with Crippen LogP contribution in [-0.2, 0) is 12.7 Å². The molecule has 1 aliphatic rings. The number of alkyl halides is 3. The van der Waals surface area contributed by atoms with E-state index in [2.05, 4.69) is 26.3 Å². The Bertz CT molecular complexity index is 1520. The van der Waals surface area contributed by atoms with Crippen LogP contribution in [0.2, 0.25) is 0 Å². The zero-order chi connectivity index (χ0) is 26.3. The van der Waals surface area contributed by atoms with Gasteiger partial charge in [-0.2, -0.15) is 18.4 Å². The first-order chi connectivity index (χ1) is 17.6. The minimum absolute atomic E-state index is 0.0209. The van der Waals surface area contributed by atoms with E-state index in [0.717, 1.165) is 25.0 Å². The van der Waals surface area contributed by atoms with Gasteiger partial charge in [0.1, 0.15) is 11.3 Å². The zero-order valence-corrected chi connectivity index (χ0v) is 19.6. The van der Waals surface area contributed by atoms with E-state index in [1.54, 1.807) is 28.8 Å². The predicted molar refractivity (Wildman–Crippen MR) is 129 cm³/mol. The van der Waals surface area contributed by atoms with Crippen molar-refractivity contribution in [1.82, 2.24) is 19.5 Å². The molecule has 1 aliphatic carbocycles. The fraction of sp³-hybridized carbons (Fsp3) is 0.269. The molecule has 0 bridgehead atoms. The smallest absolute Gasteiger partial charge is 0.416 e. The number of fused-ring (bicyclic) bond motifs is 1. The van der Waals surface area contributed by atoms with E-state index in [4.69, 9.17) is 5.26 Å². The Hall–Kier alpha value is -4.46. The molecule has 0 unspecified atom stereocenters. The number of nitriles is 1. The highest BCUT2D eigenvalue weighted by atomic mass is 19.4. The lowest BCUT2D eigenvalue weighted by Gasteiger charge is -2.17. The molecule has 0 amide bonds. The van der Waals surface area contributed by atoms with Crippen LogP contribution in [0, 0.1) is 17.2 Å². The third-order valence-corrected chi connectivity index (χ3v) is 6.38. The van der Waals surface area contributed by atoms with Crippen LogP contribution >= 0.6 is 0 Å². The van der Waals surface area contributed by atoms with Gasteiger partial charge in [0, 0.05) is 18.2 Å². The molecule has 1 saturated carbocycles. The third kappa shape index (κ3) is 4.95. The van der Waals surface area contributed by atoms with Crippen molar-refractivity contribution >= 4 is 23.0 Å². The molecule has 4 aromatic rings. The fourth-order valence-electron chi connectivity index (χ4n) is 4.21. The summed E-state index contributed by atoms with van der Waals surface area (Å²) in [6, 6.07) is 13.5. The molecule has 0 radical (unpaired) electrons. The maximum atomic E-state index is 13.1. The van der Waals surface area contributed by atoms with E-state index in [0.29, 0.717) is 39.8 Å². The van der Waals surface area contributed by atoms with Crippen molar-refractivity contribution in [2.75, 3.05) is 5.32 Å². The normalized spacial score (nSPS) is 14.4. The van der Waals surface area contributed by atoms with Crippen molar-refractivity contribution in [1.29, 1.82) is 5.26 Å². The molecule has 0 saturated heterocycles. The number of hydrogen-bond acceptors (Lipinski definition) is 6. The van der Waals surface area contributed by atoms with Crippen LogP contribution in [0.15, 0.2) is 48.5 Å². The number of nitrogens with zero attached hydrogens (tertiary/aromatic N) is 5. The monoisotopic (exact) mass is 506 g/mol. The van der Waals surface area contributed by atoms with Gasteiger partial charge in [0.05, 0.1) is 17.2 Å². The van der Waals surface area contributed by atoms with E-state index >= 15 is 0 Å². The molecule has 11 heteroatoms. The van der Waals surface area contributed by atoms with E-state index in [9.17, 15) is 23.1 Å². The summed E-state index contributed by atoms with van der Waals surface area (Å²) < 4.78 is 41.0. The maximum Gasteiger partial charge on any atom is 0.416 e. The lowest BCUT2D eigenvalue weighted by molar-refractivity contribution is -0.137. The van der Waals surface area contributed by atoms with Crippen LogP contribution in [0.3, 0.4) is 0 Å². The number of nitrogens with one attached hydrogen (secondary N) is 1. The SMILES string of the molecule is C[C@@H](Nc1nc(C(=O)O)nc2nc(-c3ccc(C#N)cc3)n(Cc3ccc(C(F)(F)F)cc3)c12)C1CC1. The molecule has 1 fully saturated rings. The Balaban J connectivity index is 1.68. The van der Waals surface area contributed by atoms with E-state index in [1.807, 2.05) is 6.92 Å². The summed E-state index contributed by atoms with van der Waals surface area (Å²) in [6.45, 7) is 2.12. The highest BCUT2D eigenvalue weighted by Crippen LogP contribution is 2.36. The lowest BCUT2D eigenvalue weighted by Crippen LogP contribution is -2.20. The summed E-state index contributed by atoms with van der Waals surface area (Å²) in [5.74, 6) is -0.577. The minimum Gasteiger partial charge on any atom is -0.475 e. The molecule has 188 valence electrons. The zero-order valence-electron chi connectivity index (χ0n) is 19.6. The van der Waals surface area contributed by atoms with Crippen LogP contribution in [0.4, 0.5) is 19.0 Å². The molecule has 5 rings (SSSR count). The second-order valence-electron chi connectivity index (χ2n) is 9.05. The van der Waals surface area contributed by atoms with Crippen molar-refractivity contribution in [3.8, 4) is 17.5 Å². The number of hydrogen-bond donors (Lipinski definition) is 2. The van der Waals surface area contributed by atoms with E-state index in [-0.39, 0.29) is 18.2 Å². The van der Waals surface area contributed by atoms with Crippen molar-refractivity contribution < 1.29 is 23.1 Å². The van der Waals surface area contributed by atoms with Crippen LogP contribution < -0.4 is 5.32 Å². The molecular weight excluding hydrogens is 485 g/mol. The van der Waals surface area contributed by atoms with Gasteiger partial charge >= 0.3 is 12.1 Å². The Labute approximate surface area is 209 Å². The summed E-state index contributed by atoms with van der Waals surface area (Å²) in [5.41, 5.74) is 1.48. The number of anilines is 1. The summed E-state index contributed by atoms with van der Waals surface area (Å²) in [6.07, 6.45) is -2.35. The molecule has 0 aliphatic heterocycles. The summed E-state index contributed by atoms with van der Waals surface area (Å²) in [4.78, 5) is 24.8. The molecule has 1 atom stereocenters. The summed E-state index contributed by atoms with van der Waals surface area (Å²) in [5, 5.41) is 22.1. The van der Waals surface area contributed by atoms with Gasteiger partial charge in [-0.3, -0.25) is 0 Å². The second kappa shape index (κ2) is 9.20. The topological polar surface area (TPSA) is 117 Å². The number of carboxylic acids is 1. The Morgan fingerprint density at radius 2 is 1.81 bits per heavy atom. The van der Waals surface area contributed by atoms with Gasteiger partial charge in [0.25, 0.3) is 0 Å². The number of carboxylic acid groups (broad SMARTS) is 1. The summed E-state index contributed by atoms with van der Waals surface area (Å²) >= 11 is 0. The number of aromatic carboxylic acids is 1. The van der Waals surface area contributed by atoms with Gasteiger partial charge in [-0.25, -0.2) is 19.7 Å². The Kier molecular flexibility index (Phi) is 6.03. The van der Waals surface area contributed by atoms with Gasteiger partial charge in [-0.1, -0.05) is 12.1 Å². The van der Waals surface area contributed by atoms with Gasteiger partial charge in [-0.15, -0.1) is 0 Å². The van der Waals surface area contributed by atoms with Crippen molar-refractivity contribution in [2.24, 2.45) is 5.92 Å². The van der Waals surface area contributed by atoms with Crippen molar-refractivity contribution in [2.45, 2.75) is 38.5 Å². The highest BCUT2D eigenvalue weighted by Gasteiger charge is 2.31. The number of carbonyl (C=O) groups is 1. The molecule has 2 N–H and O–H groups in total. The largest absolute Gasteiger partial charge is 0.475 e. The van der Waals surface area contributed by atoms with Crippen molar-refractivity contribution in [3.05, 3.63) is 71.0 Å². The van der Waals surface area contributed by atoms with Crippen LogP contribution in [0.5, 0.6) is 0 Å². The molecule has 8 nitrogen and oxygen atoms in total. The number of rotatable bonds is 7. The second-order valence-corrected chi connectivity index (χ2v) is 9.05. The maximum absolute atomic E-state index is 13.1. The van der Waals surface area contributed by atoms with Gasteiger partial charge in [0.2, 0.25) is 5.82 Å². The van der Waals surface area contributed by atoms with Crippen LogP contribution in [-0.4, -0.2) is 36.6 Å². The minimum atomic E-state index is -4.45. The Morgan fingerprint density at radius 3 is 2.38 bits per heavy atom. The first-order valence-electron chi connectivity index (χ1n) is 11.6. The lowest BCUT2D eigenvalue weighted by atomic mass is 10.1. The number of benzene rings is 2. The van der Waals surface area contributed by atoms with Gasteiger partial charge in [0.15, 0.2) is 11.5 Å². The highest BCUT2D eigenvalue weighted by molar-refractivity contribution is 5.92. The van der Waals surface area contributed by atoms with Gasteiger partial charge < -0.3 is 15.0 Å². The molecule has 2 aromatic carbocycles. The number of aromatic nitrogens is 4. The molecule has 37 heavy (non-hydrogen) atoms. The van der Waals surface area contributed by atoms with Gasteiger partial charge in [-0.05, 0) is 67.6 Å². The summed E-state index contributed by atoms with van der Waals surface area (Å²) in [7, 11) is 0. The van der Waals surface area contributed by atoms with Crippen LogP contribution in [0.1, 0.15) is 47.1 Å². The van der Waals surface area contributed by atoms with E-state index in [1.165, 1.54) is 12.1 Å². The fourth-order valence-corrected chi connectivity index (χ4v) is 4.21. The molecule has 2 aromatic heterocycles. The molecular formula is C26H21F3N6O2. The predicted octanol–water partition coefficient (Wildman–Crippen LogP) is 5.34. The average molecular weight is 506 g/mol.